The second kappa shape index (κ2) is 9.79. The van der Waals surface area contributed by atoms with Crippen molar-refractivity contribution in [3.8, 4) is 17.0 Å². The molecule has 0 aliphatic carbocycles. The lowest BCUT2D eigenvalue weighted by Crippen LogP contribution is -2.44. The molecule has 1 amide bonds. The minimum atomic E-state index is -0.437. The lowest BCUT2D eigenvalue weighted by atomic mass is 9.79. The molecular weight excluding hydrogens is 412 g/mol. The second-order valence-corrected chi connectivity index (χ2v) is 9.04. The van der Waals surface area contributed by atoms with Gasteiger partial charge in [0.25, 0.3) is 0 Å². The van der Waals surface area contributed by atoms with Gasteiger partial charge in [0.15, 0.2) is 0 Å². The lowest BCUT2D eigenvalue weighted by Gasteiger charge is -2.28. The maximum Gasteiger partial charge on any atom is 0.227 e. The molecule has 2 aromatic carbocycles. The van der Waals surface area contributed by atoms with Crippen molar-refractivity contribution in [1.82, 2.24) is 20.0 Å². The molecule has 1 saturated heterocycles. The number of methoxy groups -OCH3 is 1. The minimum absolute atomic E-state index is 0.148. The highest BCUT2D eigenvalue weighted by Gasteiger charge is 2.44. The summed E-state index contributed by atoms with van der Waals surface area (Å²) < 4.78 is 7.37. The zero-order chi connectivity index (χ0) is 23.4. The standard InChI is InChI=1S/C27H34N4O2/c1-5-28-26(32)27(17-21-11-13-23(14-12-21)22-9-7-6-8-10-22)15-16-31(19-27)18-24-20(2)29-30(3)25(24)33-4/h6-14H,5,15-19H2,1-4H3,(H,28,32)/t27-/m1/s1. The topological polar surface area (TPSA) is 59.4 Å². The third-order valence-electron chi connectivity index (χ3n) is 6.72. The zero-order valence-corrected chi connectivity index (χ0v) is 20.1. The highest BCUT2D eigenvalue weighted by molar-refractivity contribution is 5.83. The highest BCUT2D eigenvalue weighted by atomic mass is 16.5. The van der Waals surface area contributed by atoms with Crippen LogP contribution in [0.1, 0.15) is 30.2 Å². The van der Waals surface area contributed by atoms with E-state index < -0.39 is 5.41 Å². The first-order chi connectivity index (χ1) is 16.0. The van der Waals surface area contributed by atoms with E-state index in [-0.39, 0.29) is 5.91 Å². The van der Waals surface area contributed by atoms with Crippen LogP contribution in [0, 0.1) is 12.3 Å². The minimum Gasteiger partial charge on any atom is -0.481 e. The maximum absolute atomic E-state index is 13.3. The average molecular weight is 447 g/mol. The molecule has 0 saturated carbocycles. The predicted octanol–water partition coefficient (Wildman–Crippen LogP) is 3.98. The molecule has 0 unspecified atom stereocenters. The Morgan fingerprint density at radius 2 is 1.82 bits per heavy atom. The van der Waals surface area contributed by atoms with Gasteiger partial charge in [0.05, 0.1) is 23.8 Å². The summed E-state index contributed by atoms with van der Waals surface area (Å²) in [6.45, 7) is 6.96. The molecule has 1 fully saturated rings. The summed E-state index contributed by atoms with van der Waals surface area (Å²) in [5.41, 5.74) is 5.22. The van der Waals surface area contributed by atoms with Crippen LogP contribution in [0.5, 0.6) is 5.88 Å². The molecule has 0 bridgehead atoms. The molecule has 1 aromatic heterocycles. The first-order valence-electron chi connectivity index (χ1n) is 11.7. The van der Waals surface area contributed by atoms with Gasteiger partial charge in [-0.25, -0.2) is 4.68 Å². The first kappa shape index (κ1) is 23.1. The van der Waals surface area contributed by atoms with Gasteiger partial charge in [-0.2, -0.15) is 5.10 Å². The molecule has 0 spiro atoms. The Morgan fingerprint density at radius 1 is 1.12 bits per heavy atom. The van der Waals surface area contributed by atoms with Crippen LogP contribution in [0.15, 0.2) is 54.6 Å². The van der Waals surface area contributed by atoms with Gasteiger partial charge in [0.2, 0.25) is 11.8 Å². The number of benzene rings is 2. The van der Waals surface area contributed by atoms with Crippen molar-refractivity contribution >= 4 is 5.91 Å². The molecule has 4 rings (SSSR count). The van der Waals surface area contributed by atoms with Crippen LogP contribution in [-0.2, 0) is 24.8 Å². The van der Waals surface area contributed by atoms with Crippen LogP contribution in [0.4, 0.5) is 0 Å². The fourth-order valence-corrected chi connectivity index (χ4v) is 5.03. The van der Waals surface area contributed by atoms with E-state index in [4.69, 9.17) is 4.74 Å². The Balaban J connectivity index is 1.53. The summed E-state index contributed by atoms with van der Waals surface area (Å²) in [4.78, 5) is 15.6. The maximum atomic E-state index is 13.3. The number of amides is 1. The fourth-order valence-electron chi connectivity index (χ4n) is 5.03. The van der Waals surface area contributed by atoms with Crippen LogP contribution >= 0.6 is 0 Å². The summed E-state index contributed by atoms with van der Waals surface area (Å²) in [5, 5.41) is 7.61. The molecule has 6 heteroatoms. The van der Waals surface area contributed by atoms with Crippen LogP contribution in [0.2, 0.25) is 0 Å². The molecule has 33 heavy (non-hydrogen) atoms. The molecule has 3 aromatic rings. The van der Waals surface area contributed by atoms with Gasteiger partial charge in [-0.15, -0.1) is 0 Å². The highest BCUT2D eigenvalue weighted by Crippen LogP contribution is 2.37. The predicted molar refractivity (Wildman–Crippen MR) is 131 cm³/mol. The molecule has 174 valence electrons. The van der Waals surface area contributed by atoms with Gasteiger partial charge in [-0.05, 0) is 49.9 Å². The number of carbonyl (C=O) groups excluding carboxylic acids is 1. The van der Waals surface area contributed by atoms with Gasteiger partial charge in [-0.3, -0.25) is 9.69 Å². The second-order valence-electron chi connectivity index (χ2n) is 9.04. The van der Waals surface area contributed by atoms with E-state index in [9.17, 15) is 4.79 Å². The smallest absolute Gasteiger partial charge is 0.227 e. The zero-order valence-electron chi connectivity index (χ0n) is 20.1. The van der Waals surface area contributed by atoms with Crippen LogP contribution in [0.3, 0.4) is 0 Å². The molecule has 1 aliphatic heterocycles. The number of hydrogen-bond acceptors (Lipinski definition) is 4. The van der Waals surface area contributed by atoms with Gasteiger partial charge in [-0.1, -0.05) is 54.6 Å². The van der Waals surface area contributed by atoms with Gasteiger partial charge in [0, 0.05) is 26.7 Å². The van der Waals surface area contributed by atoms with Crippen molar-refractivity contribution in [1.29, 1.82) is 0 Å². The summed E-state index contributed by atoms with van der Waals surface area (Å²) in [6.07, 6.45) is 1.56. The van der Waals surface area contributed by atoms with E-state index in [1.807, 2.05) is 27.0 Å². The van der Waals surface area contributed by atoms with Gasteiger partial charge < -0.3 is 10.1 Å². The van der Waals surface area contributed by atoms with Crippen LogP contribution < -0.4 is 10.1 Å². The summed E-state index contributed by atoms with van der Waals surface area (Å²) >= 11 is 0. The van der Waals surface area contributed by atoms with E-state index in [1.165, 1.54) is 16.7 Å². The Hall–Kier alpha value is -3.12. The van der Waals surface area contributed by atoms with E-state index in [0.29, 0.717) is 6.54 Å². The average Bonchev–Trinajstić information content (AvgIpc) is 3.35. The van der Waals surface area contributed by atoms with Crippen molar-refractivity contribution in [2.45, 2.75) is 33.2 Å². The molecular formula is C27H34N4O2. The number of nitrogens with zero attached hydrogens (tertiary/aromatic N) is 3. The number of likely N-dealkylation sites (tertiary alicyclic amines) is 1. The Labute approximate surface area is 196 Å². The van der Waals surface area contributed by atoms with Crippen molar-refractivity contribution in [2.75, 3.05) is 26.7 Å². The third kappa shape index (κ3) is 4.81. The number of nitrogens with one attached hydrogen (secondary N) is 1. The molecule has 0 radical (unpaired) electrons. The molecule has 2 heterocycles. The molecule has 1 aliphatic rings. The molecule has 1 atom stereocenters. The monoisotopic (exact) mass is 446 g/mol. The van der Waals surface area contributed by atoms with Crippen molar-refractivity contribution in [3.05, 3.63) is 71.4 Å². The SMILES string of the molecule is CCNC(=O)[C@@]1(Cc2ccc(-c3ccccc3)cc2)CCN(Cc2c(C)nn(C)c2OC)C1. The van der Waals surface area contributed by atoms with Gasteiger partial charge >= 0.3 is 0 Å². The van der Waals surface area contributed by atoms with Crippen molar-refractivity contribution < 1.29 is 9.53 Å². The molecule has 6 nitrogen and oxygen atoms in total. The van der Waals surface area contributed by atoms with E-state index in [0.717, 1.165) is 49.6 Å². The van der Waals surface area contributed by atoms with E-state index >= 15 is 0 Å². The first-order valence-corrected chi connectivity index (χ1v) is 11.7. The number of carbonyl (C=O) groups is 1. The lowest BCUT2D eigenvalue weighted by molar-refractivity contribution is -0.130. The summed E-state index contributed by atoms with van der Waals surface area (Å²) in [7, 11) is 3.58. The van der Waals surface area contributed by atoms with E-state index in [1.54, 1.807) is 11.8 Å². The third-order valence-corrected chi connectivity index (χ3v) is 6.72. The number of hydrogen-bond donors (Lipinski definition) is 1. The normalized spacial score (nSPS) is 18.4. The number of aryl methyl sites for hydroxylation is 2. The van der Waals surface area contributed by atoms with Crippen molar-refractivity contribution in [2.24, 2.45) is 12.5 Å². The largest absolute Gasteiger partial charge is 0.481 e. The quantitative estimate of drug-likeness (QED) is 0.569. The Bertz CT molecular complexity index is 1090. The summed E-state index contributed by atoms with van der Waals surface area (Å²) in [5.74, 6) is 0.939. The number of aromatic nitrogens is 2. The Kier molecular flexibility index (Phi) is 6.84. The van der Waals surface area contributed by atoms with Crippen LogP contribution in [0.25, 0.3) is 11.1 Å². The van der Waals surface area contributed by atoms with E-state index in [2.05, 4.69) is 63.8 Å². The van der Waals surface area contributed by atoms with Gasteiger partial charge in [0.1, 0.15) is 0 Å². The summed E-state index contributed by atoms with van der Waals surface area (Å²) in [6, 6.07) is 19.0. The fraction of sp³-hybridized carbons (Fsp3) is 0.407. The number of ether oxygens (including phenoxy) is 1. The van der Waals surface area contributed by atoms with Crippen LogP contribution in [-0.4, -0.2) is 47.3 Å². The Morgan fingerprint density at radius 3 is 2.48 bits per heavy atom. The number of rotatable bonds is 8. The molecule has 1 N–H and O–H groups in total. The van der Waals surface area contributed by atoms with Crippen molar-refractivity contribution in [3.63, 3.8) is 0 Å².